The zero-order valence-electron chi connectivity index (χ0n) is 8.15. The van der Waals surface area contributed by atoms with Crippen LogP contribution < -0.4 is 0 Å². The van der Waals surface area contributed by atoms with Crippen LogP contribution in [0.15, 0.2) is 40.0 Å². The van der Waals surface area contributed by atoms with Crippen LogP contribution in [0.25, 0.3) is 11.1 Å². The molecule has 0 aliphatic carbocycles. The number of hydrogen-bond donors (Lipinski definition) is 0. The van der Waals surface area contributed by atoms with Gasteiger partial charge in [0.2, 0.25) is 0 Å². The molecule has 0 bridgehead atoms. The first-order chi connectivity index (χ1) is 7.89. The lowest BCUT2D eigenvalue weighted by atomic mass is 10.1. The minimum absolute atomic E-state index is 0.0417. The normalized spacial score (nSPS) is 11.7. The van der Waals surface area contributed by atoms with Crippen molar-refractivity contribution in [2.45, 2.75) is 5.09 Å². The molecule has 0 spiro atoms. The SMILES string of the molecule is O=S(=O)(F)c1occc1-c1cc(Cl)ccc1Cl. The predicted octanol–water partition coefficient (Wildman–Crippen LogP) is 3.91. The van der Waals surface area contributed by atoms with Crippen molar-refractivity contribution in [1.82, 2.24) is 0 Å². The van der Waals surface area contributed by atoms with E-state index in [0.29, 0.717) is 10.6 Å². The average Bonchev–Trinajstić information content (AvgIpc) is 2.69. The van der Waals surface area contributed by atoms with Gasteiger partial charge in [0.05, 0.1) is 6.26 Å². The Morgan fingerprint density at radius 3 is 2.47 bits per heavy atom. The maximum atomic E-state index is 12.9. The van der Waals surface area contributed by atoms with Crippen molar-refractivity contribution >= 4 is 33.4 Å². The predicted molar refractivity (Wildman–Crippen MR) is 62.5 cm³/mol. The Morgan fingerprint density at radius 2 is 1.82 bits per heavy atom. The van der Waals surface area contributed by atoms with Gasteiger partial charge in [-0.3, -0.25) is 0 Å². The van der Waals surface area contributed by atoms with Gasteiger partial charge in [-0.1, -0.05) is 27.1 Å². The maximum absolute atomic E-state index is 12.9. The fourth-order valence-electron chi connectivity index (χ4n) is 1.39. The summed E-state index contributed by atoms with van der Waals surface area (Å²) in [6, 6.07) is 5.77. The van der Waals surface area contributed by atoms with Crippen molar-refractivity contribution in [2.75, 3.05) is 0 Å². The monoisotopic (exact) mass is 294 g/mol. The van der Waals surface area contributed by atoms with Gasteiger partial charge >= 0.3 is 10.2 Å². The van der Waals surface area contributed by atoms with E-state index in [2.05, 4.69) is 4.42 Å². The Kier molecular flexibility index (Phi) is 3.16. The zero-order chi connectivity index (χ0) is 12.6. The van der Waals surface area contributed by atoms with E-state index in [1.54, 1.807) is 0 Å². The highest BCUT2D eigenvalue weighted by Crippen LogP contribution is 2.35. The van der Waals surface area contributed by atoms with E-state index >= 15 is 0 Å². The molecule has 90 valence electrons. The molecule has 0 aliphatic heterocycles. The second kappa shape index (κ2) is 4.33. The van der Waals surface area contributed by atoms with Crippen LogP contribution in [0.5, 0.6) is 0 Å². The summed E-state index contributed by atoms with van der Waals surface area (Å²) in [7, 11) is -4.94. The molecule has 1 aromatic heterocycles. The highest BCUT2D eigenvalue weighted by molar-refractivity contribution is 7.86. The van der Waals surface area contributed by atoms with Crippen molar-refractivity contribution in [3.05, 3.63) is 40.6 Å². The lowest BCUT2D eigenvalue weighted by Crippen LogP contribution is -1.92. The third kappa shape index (κ3) is 2.46. The molecule has 0 saturated carbocycles. The second-order valence-electron chi connectivity index (χ2n) is 3.18. The average molecular weight is 295 g/mol. The Bertz CT molecular complexity index is 664. The standard InChI is InChI=1S/C10H5Cl2FO3S/c11-6-1-2-9(12)8(5-6)7-3-4-16-10(7)17(13,14)15/h1-5H. The highest BCUT2D eigenvalue weighted by atomic mass is 35.5. The fourth-order valence-corrected chi connectivity index (χ4v) is 2.39. The molecule has 0 unspecified atom stereocenters. The maximum Gasteiger partial charge on any atom is 0.366 e. The van der Waals surface area contributed by atoms with Gasteiger partial charge in [0.1, 0.15) is 0 Å². The highest BCUT2D eigenvalue weighted by Gasteiger charge is 2.23. The number of furan rings is 1. The van der Waals surface area contributed by atoms with Gasteiger partial charge in [0.15, 0.2) is 0 Å². The summed E-state index contributed by atoms with van der Waals surface area (Å²) in [5, 5.41) is -0.171. The van der Waals surface area contributed by atoms with Crippen LogP contribution in [0, 0.1) is 0 Å². The third-order valence-corrected chi connectivity index (χ3v) is 3.39. The van der Waals surface area contributed by atoms with Crippen molar-refractivity contribution in [1.29, 1.82) is 0 Å². The number of halogens is 3. The van der Waals surface area contributed by atoms with Crippen LogP contribution >= 0.6 is 23.2 Å². The fraction of sp³-hybridized carbons (Fsp3) is 0. The molecular formula is C10H5Cl2FO3S. The summed E-state index contributed by atoms with van der Waals surface area (Å²) in [6.07, 6.45) is 1.07. The first-order valence-corrected chi connectivity index (χ1v) is 6.51. The molecule has 2 rings (SSSR count). The summed E-state index contributed by atoms with van der Waals surface area (Å²) in [4.78, 5) is 0. The second-order valence-corrected chi connectivity index (χ2v) is 5.27. The van der Waals surface area contributed by atoms with Gasteiger partial charge in [0.25, 0.3) is 5.09 Å². The Morgan fingerprint density at radius 1 is 1.12 bits per heavy atom. The van der Waals surface area contributed by atoms with E-state index in [1.807, 2.05) is 0 Å². The van der Waals surface area contributed by atoms with Crippen molar-refractivity contribution in [2.24, 2.45) is 0 Å². The van der Waals surface area contributed by atoms with Gasteiger partial charge < -0.3 is 4.42 Å². The smallest absolute Gasteiger partial charge is 0.366 e. The first-order valence-electron chi connectivity index (χ1n) is 4.37. The Balaban J connectivity index is 2.70. The van der Waals surface area contributed by atoms with Crippen LogP contribution in [0.4, 0.5) is 3.89 Å². The molecule has 0 aliphatic rings. The van der Waals surface area contributed by atoms with Gasteiger partial charge in [-0.05, 0) is 24.3 Å². The molecule has 0 atom stereocenters. The molecule has 3 nitrogen and oxygen atoms in total. The number of hydrogen-bond acceptors (Lipinski definition) is 3. The minimum Gasteiger partial charge on any atom is -0.450 e. The lowest BCUT2D eigenvalue weighted by molar-refractivity contribution is 0.436. The van der Waals surface area contributed by atoms with Gasteiger partial charge in [0, 0.05) is 21.2 Å². The van der Waals surface area contributed by atoms with E-state index in [0.717, 1.165) is 6.26 Å². The largest absolute Gasteiger partial charge is 0.450 e. The van der Waals surface area contributed by atoms with E-state index in [9.17, 15) is 12.3 Å². The molecule has 0 amide bonds. The van der Waals surface area contributed by atoms with Crippen LogP contribution in [0.1, 0.15) is 0 Å². The molecule has 2 aromatic rings. The molecule has 17 heavy (non-hydrogen) atoms. The Hall–Kier alpha value is -1.04. The van der Waals surface area contributed by atoms with E-state index in [4.69, 9.17) is 23.2 Å². The topological polar surface area (TPSA) is 47.3 Å². The van der Waals surface area contributed by atoms with E-state index < -0.39 is 15.3 Å². The molecule has 7 heteroatoms. The zero-order valence-corrected chi connectivity index (χ0v) is 10.5. The molecule has 0 N–H and O–H groups in total. The van der Waals surface area contributed by atoms with Crippen LogP contribution in [0.3, 0.4) is 0 Å². The summed E-state index contributed by atoms with van der Waals surface area (Å²) >= 11 is 11.7. The number of benzene rings is 1. The molecular weight excluding hydrogens is 290 g/mol. The van der Waals surface area contributed by atoms with Gasteiger partial charge in [-0.2, -0.15) is 8.42 Å². The molecule has 1 aromatic carbocycles. The minimum atomic E-state index is -4.94. The van der Waals surface area contributed by atoms with Gasteiger partial charge in [-0.15, -0.1) is 0 Å². The van der Waals surface area contributed by atoms with Crippen LogP contribution in [0.2, 0.25) is 10.0 Å². The summed E-state index contributed by atoms with van der Waals surface area (Å²) in [5.41, 5.74) is 0.337. The van der Waals surface area contributed by atoms with Gasteiger partial charge in [-0.25, -0.2) is 0 Å². The quantitative estimate of drug-likeness (QED) is 0.789. The lowest BCUT2D eigenvalue weighted by Gasteiger charge is -2.03. The van der Waals surface area contributed by atoms with Crippen LogP contribution in [-0.2, 0) is 10.2 Å². The van der Waals surface area contributed by atoms with E-state index in [-0.39, 0.29) is 10.6 Å². The summed E-state index contributed by atoms with van der Waals surface area (Å²) < 4.78 is 39.2. The van der Waals surface area contributed by atoms with Crippen molar-refractivity contribution < 1.29 is 16.7 Å². The first kappa shape index (κ1) is 12.4. The van der Waals surface area contributed by atoms with Crippen LogP contribution in [-0.4, -0.2) is 8.42 Å². The van der Waals surface area contributed by atoms with E-state index in [1.165, 1.54) is 24.3 Å². The summed E-state index contributed by atoms with van der Waals surface area (Å²) in [6.45, 7) is 0. The molecule has 0 saturated heterocycles. The third-order valence-electron chi connectivity index (χ3n) is 2.07. The van der Waals surface area contributed by atoms with Crippen molar-refractivity contribution in [3.63, 3.8) is 0 Å². The molecule has 1 heterocycles. The van der Waals surface area contributed by atoms with Crippen molar-refractivity contribution in [3.8, 4) is 11.1 Å². The molecule has 0 fully saturated rings. The summed E-state index contributed by atoms with van der Waals surface area (Å²) in [5.74, 6) is 0. The Labute approximate surface area is 107 Å². The number of rotatable bonds is 2. The molecule has 0 radical (unpaired) electrons.